The third kappa shape index (κ3) is 3.51. The van der Waals surface area contributed by atoms with Crippen LogP contribution in [0, 0.1) is 0 Å². The Morgan fingerprint density at radius 3 is 2.92 bits per heavy atom. The molecular weight excluding hydrogens is 330 g/mol. The van der Waals surface area contributed by atoms with Crippen LogP contribution < -0.4 is 5.32 Å². The number of pyridine rings is 1. The molecular formula is C15H13N5O3S. The zero-order valence-corrected chi connectivity index (χ0v) is 13.2. The topological polar surface area (TPSA) is 108 Å². The van der Waals surface area contributed by atoms with Gasteiger partial charge in [0.15, 0.2) is 0 Å². The quantitative estimate of drug-likeness (QED) is 0.792. The molecule has 3 heterocycles. The van der Waals surface area contributed by atoms with Crippen molar-refractivity contribution in [3.8, 4) is 0 Å². The van der Waals surface area contributed by atoms with Gasteiger partial charge in [-0.05, 0) is 35.5 Å². The molecule has 122 valence electrons. The molecule has 0 spiro atoms. The van der Waals surface area contributed by atoms with Gasteiger partial charge in [0.1, 0.15) is 5.69 Å². The van der Waals surface area contributed by atoms with E-state index in [9.17, 15) is 14.4 Å². The van der Waals surface area contributed by atoms with Gasteiger partial charge >= 0.3 is 0 Å². The maximum absolute atomic E-state index is 12.3. The lowest BCUT2D eigenvalue weighted by atomic mass is 10.2. The minimum Gasteiger partial charge on any atom is -0.349 e. The van der Waals surface area contributed by atoms with E-state index in [1.807, 2.05) is 0 Å². The first-order valence-corrected chi connectivity index (χ1v) is 7.90. The summed E-state index contributed by atoms with van der Waals surface area (Å²) in [5.41, 5.74) is 1.07. The molecule has 9 heteroatoms. The zero-order chi connectivity index (χ0) is 16.9. The Labute approximate surface area is 141 Å². The summed E-state index contributed by atoms with van der Waals surface area (Å²) < 4.78 is 0. The molecule has 3 rings (SSSR count). The molecule has 24 heavy (non-hydrogen) atoms. The highest BCUT2D eigenvalue weighted by molar-refractivity contribution is 8.18. The first-order chi connectivity index (χ1) is 11.6. The first-order valence-electron chi connectivity index (χ1n) is 7.08. The number of aromatic nitrogens is 3. The van der Waals surface area contributed by atoms with Crippen molar-refractivity contribution >= 4 is 34.9 Å². The van der Waals surface area contributed by atoms with E-state index in [-0.39, 0.29) is 30.1 Å². The Hall–Kier alpha value is -2.94. The van der Waals surface area contributed by atoms with Gasteiger partial charge in [-0.2, -0.15) is 5.10 Å². The van der Waals surface area contributed by atoms with Crippen molar-refractivity contribution < 1.29 is 14.4 Å². The van der Waals surface area contributed by atoms with E-state index >= 15 is 0 Å². The molecule has 8 nitrogen and oxygen atoms in total. The van der Waals surface area contributed by atoms with Gasteiger partial charge in [0, 0.05) is 31.7 Å². The molecule has 3 amide bonds. The number of carbonyl (C=O) groups is 3. The molecule has 0 unspecified atom stereocenters. The predicted molar refractivity (Wildman–Crippen MR) is 87.8 cm³/mol. The van der Waals surface area contributed by atoms with Gasteiger partial charge in [-0.25, -0.2) is 0 Å². The van der Waals surface area contributed by atoms with Crippen molar-refractivity contribution in [3.05, 3.63) is 53.0 Å². The van der Waals surface area contributed by atoms with Crippen molar-refractivity contribution in [2.24, 2.45) is 0 Å². The highest BCUT2D eigenvalue weighted by Gasteiger charge is 2.34. The molecule has 2 aromatic heterocycles. The lowest BCUT2D eigenvalue weighted by molar-refractivity contribution is -0.122. The lowest BCUT2D eigenvalue weighted by Gasteiger charge is -2.12. The van der Waals surface area contributed by atoms with Crippen molar-refractivity contribution in [2.75, 3.05) is 13.1 Å². The second kappa shape index (κ2) is 7.09. The van der Waals surface area contributed by atoms with E-state index in [1.54, 1.807) is 30.6 Å². The fourth-order valence-electron chi connectivity index (χ4n) is 2.06. The SMILES string of the molecule is O=C(NCCN1C(=O)SC(=Cc2cccnc2)C1=O)c1ccn[nH]1. The summed E-state index contributed by atoms with van der Waals surface area (Å²) in [6.45, 7) is 0.269. The Morgan fingerprint density at radius 1 is 1.33 bits per heavy atom. The van der Waals surface area contributed by atoms with Gasteiger partial charge in [0.25, 0.3) is 17.1 Å². The summed E-state index contributed by atoms with van der Waals surface area (Å²) in [6.07, 6.45) is 6.33. The van der Waals surface area contributed by atoms with Crippen LogP contribution in [0.15, 0.2) is 41.7 Å². The van der Waals surface area contributed by atoms with E-state index in [4.69, 9.17) is 0 Å². The number of thioether (sulfide) groups is 1. The van der Waals surface area contributed by atoms with Crippen LogP contribution in [0.1, 0.15) is 16.1 Å². The average Bonchev–Trinajstić information content (AvgIpc) is 3.20. The van der Waals surface area contributed by atoms with Crippen LogP contribution >= 0.6 is 11.8 Å². The van der Waals surface area contributed by atoms with Crippen molar-refractivity contribution in [2.45, 2.75) is 0 Å². The summed E-state index contributed by atoms with van der Waals surface area (Å²) in [5.74, 6) is -0.713. The highest BCUT2D eigenvalue weighted by atomic mass is 32.2. The summed E-state index contributed by atoms with van der Waals surface area (Å²) in [4.78, 5) is 41.4. The first kappa shape index (κ1) is 15.9. The second-order valence-electron chi connectivity index (χ2n) is 4.85. The van der Waals surface area contributed by atoms with E-state index < -0.39 is 0 Å². The Bertz CT molecular complexity index is 789. The molecule has 0 atom stereocenters. The summed E-state index contributed by atoms with van der Waals surface area (Å²) >= 11 is 0.875. The van der Waals surface area contributed by atoms with Crippen LogP contribution in [0.2, 0.25) is 0 Å². The minimum atomic E-state index is -0.371. The summed E-state index contributed by atoms with van der Waals surface area (Å²) in [5, 5.41) is 8.49. The smallest absolute Gasteiger partial charge is 0.293 e. The molecule has 0 aliphatic carbocycles. The zero-order valence-electron chi connectivity index (χ0n) is 12.4. The molecule has 2 N–H and O–H groups in total. The molecule has 1 aliphatic rings. The van der Waals surface area contributed by atoms with E-state index in [2.05, 4.69) is 20.5 Å². The van der Waals surface area contributed by atoms with E-state index in [0.29, 0.717) is 10.6 Å². The average molecular weight is 343 g/mol. The predicted octanol–water partition coefficient (Wildman–Crippen LogP) is 1.27. The van der Waals surface area contributed by atoms with Crippen LogP contribution in [-0.2, 0) is 4.79 Å². The Kier molecular flexibility index (Phi) is 4.71. The number of hydrogen-bond donors (Lipinski definition) is 2. The van der Waals surface area contributed by atoms with Gasteiger partial charge in [-0.15, -0.1) is 0 Å². The second-order valence-corrected chi connectivity index (χ2v) is 5.84. The van der Waals surface area contributed by atoms with Gasteiger partial charge < -0.3 is 5.32 Å². The van der Waals surface area contributed by atoms with Crippen molar-refractivity contribution in [3.63, 3.8) is 0 Å². The largest absolute Gasteiger partial charge is 0.349 e. The number of hydrogen-bond acceptors (Lipinski definition) is 6. The Morgan fingerprint density at radius 2 is 2.21 bits per heavy atom. The van der Waals surface area contributed by atoms with Gasteiger partial charge in [0.2, 0.25) is 0 Å². The fraction of sp³-hybridized carbons (Fsp3) is 0.133. The standard InChI is InChI=1S/C15H13N5O3S/c21-13(11-3-5-18-19-11)17-6-7-20-14(22)12(24-15(20)23)8-10-2-1-4-16-9-10/h1-5,8-9H,6-7H2,(H,17,21)(H,18,19). The molecule has 1 saturated heterocycles. The third-order valence-electron chi connectivity index (χ3n) is 3.22. The fourth-order valence-corrected chi connectivity index (χ4v) is 2.93. The highest BCUT2D eigenvalue weighted by Crippen LogP contribution is 2.31. The normalized spacial score (nSPS) is 16.0. The molecule has 0 aromatic carbocycles. The van der Waals surface area contributed by atoms with Crippen LogP contribution in [-0.4, -0.2) is 50.2 Å². The lowest BCUT2D eigenvalue weighted by Crippen LogP contribution is -2.37. The van der Waals surface area contributed by atoms with E-state index in [0.717, 1.165) is 22.2 Å². The third-order valence-corrected chi connectivity index (χ3v) is 4.13. The monoisotopic (exact) mass is 343 g/mol. The van der Waals surface area contributed by atoms with Crippen molar-refractivity contribution in [1.29, 1.82) is 0 Å². The van der Waals surface area contributed by atoms with Crippen LogP contribution in [0.4, 0.5) is 4.79 Å². The molecule has 0 saturated carbocycles. The van der Waals surface area contributed by atoms with E-state index in [1.165, 1.54) is 12.3 Å². The molecule has 0 bridgehead atoms. The number of amides is 3. The van der Waals surface area contributed by atoms with Crippen LogP contribution in [0.5, 0.6) is 0 Å². The van der Waals surface area contributed by atoms with Gasteiger partial charge in [-0.1, -0.05) is 6.07 Å². The number of H-pyrrole nitrogens is 1. The van der Waals surface area contributed by atoms with Gasteiger partial charge in [0.05, 0.1) is 4.91 Å². The maximum Gasteiger partial charge on any atom is 0.293 e. The van der Waals surface area contributed by atoms with Crippen molar-refractivity contribution in [1.82, 2.24) is 25.4 Å². The number of nitrogens with zero attached hydrogens (tertiary/aromatic N) is 3. The van der Waals surface area contributed by atoms with Crippen LogP contribution in [0.3, 0.4) is 0 Å². The Balaban J connectivity index is 1.59. The molecule has 1 fully saturated rings. The number of imide groups is 1. The maximum atomic E-state index is 12.3. The molecule has 1 aliphatic heterocycles. The molecule has 0 radical (unpaired) electrons. The number of rotatable bonds is 5. The number of aromatic amines is 1. The number of carbonyl (C=O) groups excluding carboxylic acids is 3. The minimum absolute atomic E-state index is 0.106. The number of nitrogens with one attached hydrogen (secondary N) is 2. The molecule has 2 aromatic rings. The summed E-state index contributed by atoms with van der Waals surface area (Å²) in [7, 11) is 0. The summed E-state index contributed by atoms with van der Waals surface area (Å²) in [6, 6.07) is 5.08. The van der Waals surface area contributed by atoms with Gasteiger partial charge in [-0.3, -0.25) is 29.4 Å². The van der Waals surface area contributed by atoms with Crippen LogP contribution in [0.25, 0.3) is 6.08 Å².